The molecule has 0 saturated heterocycles. The maximum Gasteiger partial charge on any atom is 0.189 e. The third-order valence-corrected chi connectivity index (χ3v) is 4.62. The quantitative estimate of drug-likeness (QED) is 0.702. The number of hydrogen-bond donors (Lipinski definition) is 1. The summed E-state index contributed by atoms with van der Waals surface area (Å²) in [7, 11) is -0.131. The average Bonchev–Trinajstić information content (AvgIpc) is 2.88. The summed E-state index contributed by atoms with van der Waals surface area (Å²) in [5.41, 5.74) is 9.05. The fraction of sp³-hybridized carbons (Fsp3) is 0. The van der Waals surface area contributed by atoms with E-state index in [0.29, 0.717) is 0 Å². The lowest BCUT2D eigenvalue weighted by molar-refractivity contribution is 1.42. The van der Waals surface area contributed by atoms with Crippen LogP contribution in [0.2, 0.25) is 0 Å². The summed E-state index contributed by atoms with van der Waals surface area (Å²) in [4.78, 5) is 0. The summed E-state index contributed by atoms with van der Waals surface area (Å²) in [6.07, 6.45) is 0. The molecular weight excluding hydrogens is 252 g/mol. The number of para-hydroxylation sites is 2. The van der Waals surface area contributed by atoms with E-state index in [2.05, 4.69) is 63.6 Å². The summed E-state index contributed by atoms with van der Waals surface area (Å²) < 4.78 is 2.30. The second-order valence-corrected chi connectivity index (χ2v) is 5.80. The number of hydrogen-bond acceptors (Lipinski definition) is 2. The Balaban J connectivity index is 2.11. The van der Waals surface area contributed by atoms with Gasteiger partial charge in [0.25, 0.3) is 0 Å². The molecule has 0 aliphatic heterocycles. The summed E-state index contributed by atoms with van der Waals surface area (Å²) in [5, 5.41) is 4.25. The van der Waals surface area contributed by atoms with Gasteiger partial charge in [0, 0.05) is 6.07 Å². The summed E-state index contributed by atoms with van der Waals surface area (Å²) in [6.45, 7) is 0. The highest BCUT2D eigenvalue weighted by Crippen LogP contribution is 2.38. The first-order chi connectivity index (χ1) is 9.34. The smallest absolute Gasteiger partial charge is 0.189 e. The van der Waals surface area contributed by atoms with E-state index in [-0.39, 0.29) is 10.7 Å². The molecule has 2 N–H and O–H groups in total. The van der Waals surface area contributed by atoms with Crippen LogP contribution in [0.15, 0.2) is 77.5 Å². The first-order valence-corrected chi connectivity index (χ1v) is 7.43. The van der Waals surface area contributed by atoms with Gasteiger partial charge in [0.15, 0.2) is 10.8 Å². The number of nitrogen functional groups attached to an aromatic ring is 1. The minimum Gasteiger partial charge on any atom is -0.395 e. The molecule has 94 valence electrons. The molecule has 3 aromatic rings. The van der Waals surface area contributed by atoms with Gasteiger partial charge in [0.1, 0.15) is 10.7 Å². The van der Waals surface area contributed by atoms with Crippen molar-refractivity contribution in [3.05, 3.63) is 77.5 Å². The molecule has 3 heteroatoms. The second-order valence-electron chi connectivity index (χ2n) is 4.23. The van der Waals surface area contributed by atoms with Crippen molar-refractivity contribution >= 4 is 27.7 Å². The van der Waals surface area contributed by atoms with Gasteiger partial charge >= 0.3 is 0 Å². The molecule has 1 atom stereocenters. The zero-order chi connectivity index (χ0) is 13.1. The number of thiophene rings is 1. The normalized spacial score (nSPS) is 11.3. The Labute approximate surface area is 115 Å². The van der Waals surface area contributed by atoms with E-state index in [1.807, 2.05) is 18.2 Å². The van der Waals surface area contributed by atoms with Gasteiger partial charge in [-0.05, 0) is 24.3 Å². The molecule has 0 aliphatic carbocycles. The first-order valence-electron chi connectivity index (χ1n) is 6.12. The molecule has 1 aromatic heterocycles. The van der Waals surface area contributed by atoms with Crippen LogP contribution in [-0.2, 0) is 0 Å². The molecule has 0 fully saturated rings. The number of nitrogens with zero attached hydrogens (tertiary/aromatic N) is 1. The van der Waals surface area contributed by atoms with E-state index < -0.39 is 0 Å². The lowest BCUT2D eigenvalue weighted by Gasteiger charge is -2.15. The van der Waals surface area contributed by atoms with E-state index >= 15 is 0 Å². The van der Waals surface area contributed by atoms with Crippen molar-refractivity contribution in [3.63, 3.8) is 0 Å². The van der Waals surface area contributed by atoms with Crippen LogP contribution in [0.3, 0.4) is 0 Å². The van der Waals surface area contributed by atoms with Gasteiger partial charge in [0.05, 0.1) is 17.1 Å². The van der Waals surface area contributed by atoms with E-state index in [0.717, 1.165) is 5.69 Å². The molecule has 2 nitrogen and oxygen atoms in total. The van der Waals surface area contributed by atoms with Crippen molar-refractivity contribution in [2.75, 3.05) is 10.0 Å². The van der Waals surface area contributed by atoms with Crippen LogP contribution >= 0.6 is 10.7 Å². The van der Waals surface area contributed by atoms with Gasteiger partial charge in [-0.2, -0.15) is 0 Å². The minimum absolute atomic E-state index is 0.131. The monoisotopic (exact) mass is 267 g/mol. The van der Waals surface area contributed by atoms with Gasteiger partial charge in [-0.25, -0.2) is 0 Å². The lowest BCUT2D eigenvalue weighted by atomic mass is 10.3. The largest absolute Gasteiger partial charge is 0.395 e. The molecule has 0 spiro atoms. The Hall–Kier alpha value is -2.26. The number of nitrogens with two attached hydrogens (primary N) is 1. The second kappa shape index (κ2) is 5.16. The molecule has 0 amide bonds. The van der Waals surface area contributed by atoms with Gasteiger partial charge in [-0.1, -0.05) is 36.4 Å². The third kappa shape index (κ3) is 2.46. The zero-order valence-corrected chi connectivity index (χ0v) is 11.3. The third-order valence-electron chi connectivity index (χ3n) is 2.85. The Bertz CT molecular complexity index is 607. The molecule has 0 radical (unpaired) electrons. The van der Waals surface area contributed by atoms with Crippen LogP contribution in [0.25, 0.3) is 0 Å². The van der Waals surface area contributed by atoms with Crippen LogP contribution in [0.5, 0.6) is 0 Å². The van der Waals surface area contributed by atoms with E-state index in [9.17, 15) is 0 Å². The molecule has 0 aliphatic rings. The predicted octanol–water partition coefficient (Wildman–Crippen LogP) is 4.62. The predicted molar refractivity (Wildman–Crippen MR) is 83.8 cm³/mol. The Morgan fingerprint density at radius 2 is 1.26 bits per heavy atom. The highest BCUT2D eigenvalue weighted by atomic mass is 32.2. The van der Waals surface area contributed by atoms with Crippen LogP contribution < -0.4 is 10.0 Å². The van der Waals surface area contributed by atoms with Gasteiger partial charge < -0.3 is 5.73 Å². The van der Waals surface area contributed by atoms with Gasteiger partial charge in [-0.15, -0.1) is 4.31 Å². The summed E-state index contributed by atoms with van der Waals surface area (Å²) in [6, 6.07) is 22.8. The number of rotatable bonds is 3. The van der Waals surface area contributed by atoms with Crippen molar-refractivity contribution in [2.45, 2.75) is 0 Å². The Morgan fingerprint density at radius 3 is 1.68 bits per heavy atom. The van der Waals surface area contributed by atoms with Gasteiger partial charge in [0.2, 0.25) is 0 Å². The number of benzene rings is 2. The van der Waals surface area contributed by atoms with Crippen molar-refractivity contribution < 1.29 is 0 Å². The topological polar surface area (TPSA) is 29.3 Å². The molecule has 3 rings (SSSR count). The SMILES string of the molecule is Nc1cc[s+](N(c2ccccc2)c2ccccc2)c1. The highest BCUT2D eigenvalue weighted by molar-refractivity contribution is 7.31. The summed E-state index contributed by atoms with van der Waals surface area (Å²) >= 11 is 0. The van der Waals surface area contributed by atoms with E-state index in [1.54, 1.807) is 0 Å². The molecule has 19 heavy (non-hydrogen) atoms. The fourth-order valence-electron chi connectivity index (χ4n) is 2.00. The van der Waals surface area contributed by atoms with Crippen molar-refractivity contribution in [3.8, 4) is 0 Å². The minimum atomic E-state index is -0.131. The zero-order valence-electron chi connectivity index (χ0n) is 10.4. The standard InChI is InChI=1S/C16H15N2S/c17-14-11-12-19(13-14)18(15-7-3-1-4-8-15)16-9-5-2-6-10-16/h1-13H,17H2/q+1. The molecule has 2 aromatic carbocycles. The van der Waals surface area contributed by atoms with E-state index in [1.165, 1.54) is 11.4 Å². The van der Waals surface area contributed by atoms with E-state index in [4.69, 9.17) is 5.73 Å². The van der Waals surface area contributed by atoms with Crippen LogP contribution in [-0.4, -0.2) is 0 Å². The molecule has 0 saturated carbocycles. The summed E-state index contributed by atoms with van der Waals surface area (Å²) in [5.74, 6) is 0. The highest BCUT2D eigenvalue weighted by Gasteiger charge is 2.20. The van der Waals surface area contributed by atoms with Crippen molar-refractivity contribution in [2.24, 2.45) is 0 Å². The fourth-order valence-corrected chi connectivity index (χ4v) is 3.69. The van der Waals surface area contributed by atoms with Crippen LogP contribution in [0.4, 0.5) is 17.1 Å². The number of anilines is 3. The van der Waals surface area contributed by atoms with Crippen LogP contribution in [0, 0.1) is 0 Å². The molecule has 1 unspecified atom stereocenters. The molecule has 1 heterocycles. The first kappa shape index (κ1) is 11.8. The van der Waals surface area contributed by atoms with Crippen LogP contribution in [0.1, 0.15) is 0 Å². The lowest BCUT2D eigenvalue weighted by Crippen LogP contribution is -2.06. The van der Waals surface area contributed by atoms with Gasteiger partial charge in [-0.3, -0.25) is 0 Å². The maximum atomic E-state index is 5.87. The molecular formula is C16H15N2S+. The van der Waals surface area contributed by atoms with Crippen molar-refractivity contribution in [1.29, 1.82) is 0 Å². The Morgan fingerprint density at radius 1 is 0.737 bits per heavy atom. The Kier molecular flexibility index (Phi) is 3.21. The van der Waals surface area contributed by atoms with Crippen molar-refractivity contribution in [1.82, 2.24) is 0 Å². The molecule has 0 bridgehead atoms. The maximum absolute atomic E-state index is 5.87. The average molecular weight is 267 g/mol.